The fourth-order valence-electron chi connectivity index (χ4n) is 1.98. The number of carboxylic acids is 1. The molecule has 1 aromatic carbocycles. The Morgan fingerprint density at radius 3 is 2.91 bits per heavy atom. The van der Waals surface area contributed by atoms with Crippen molar-refractivity contribution in [3.05, 3.63) is 59.2 Å². The number of aryl methyl sites for hydroxylation is 1. The van der Waals surface area contributed by atoms with Crippen LogP contribution in [0, 0.1) is 6.92 Å². The van der Waals surface area contributed by atoms with Gasteiger partial charge in [0.05, 0.1) is 11.3 Å². The Bertz CT molecular complexity index is 815. The molecule has 0 aliphatic rings. The van der Waals surface area contributed by atoms with E-state index < -0.39 is 5.97 Å². The minimum Gasteiger partial charge on any atom is -0.478 e. The summed E-state index contributed by atoms with van der Waals surface area (Å²) in [7, 11) is 0. The van der Waals surface area contributed by atoms with Crippen LogP contribution in [0.1, 0.15) is 15.9 Å². The van der Waals surface area contributed by atoms with Crippen LogP contribution in [0.15, 0.2) is 48.1 Å². The van der Waals surface area contributed by atoms with E-state index in [1.54, 1.807) is 30.6 Å². The van der Waals surface area contributed by atoms with Crippen LogP contribution in [0.2, 0.25) is 0 Å². The summed E-state index contributed by atoms with van der Waals surface area (Å²) in [6.45, 7) is 1.92. The van der Waals surface area contributed by atoms with Crippen molar-refractivity contribution in [1.82, 2.24) is 9.97 Å². The Labute approximate surface area is 131 Å². The van der Waals surface area contributed by atoms with Gasteiger partial charge < -0.3 is 10.4 Å². The molecule has 0 atom stereocenters. The third-order valence-electron chi connectivity index (χ3n) is 3.19. The highest BCUT2D eigenvalue weighted by Gasteiger charge is 2.09. The molecule has 0 fully saturated rings. The van der Waals surface area contributed by atoms with Crippen molar-refractivity contribution in [1.29, 1.82) is 0 Å². The van der Waals surface area contributed by atoms with Gasteiger partial charge in [0.25, 0.3) is 0 Å². The van der Waals surface area contributed by atoms with Gasteiger partial charge in [0.1, 0.15) is 0 Å². The molecule has 0 aliphatic heterocycles. The normalized spacial score (nSPS) is 10.4. The van der Waals surface area contributed by atoms with Crippen molar-refractivity contribution >= 4 is 28.1 Å². The zero-order chi connectivity index (χ0) is 15.5. The lowest BCUT2D eigenvalue weighted by Crippen LogP contribution is -1.99. The first-order chi connectivity index (χ1) is 10.6. The van der Waals surface area contributed by atoms with Gasteiger partial charge in [-0.05, 0) is 36.8 Å². The Hall–Kier alpha value is -2.73. The third kappa shape index (κ3) is 2.96. The van der Waals surface area contributed by atoms with E-state index in [1.165, 1.54) is 11.3 Å². The molecule has 0 unspecified atom stereocenters. The molecule has 6 heteroatoms. The van der Waals surface area contributed by atoms with E-state index in [2.05, 4.69) is 15.3 Å². The topological polar surface area (TPSA) is 75.1 Å². The zero-order valence-electron chi connectivity index (χ0n) is 11.8. The fourth-order valence-corrected chi connectivity index (χ4v) is 2.71. The van der Waals surface area contributed by atoms with Gasteiger partial charge in [-0.2, -0.15) is 0 Å². The quantitative estimate of drug-likeness (QED) is 0.763. The monoisotopic (exact) mass is 311 g/mol. The van der Waals surface area contributed by atoms with Gasteiger partial charge in [0.2, 0.25) is 0 Å². The number of benzene rings is 1. The zero-order valence-corrected chi connectivity index (χ0v) is 12.6. The number of nitrogens with one attached hydrogen (secondary N) is 1. The molecular weight excluding hydrogens is 298 g/mol. The van der Waals surface area contributed by atoms with E-state index in [0.717, 1.165) is 22.5 Å². The maximum absolute atomic E-state index is 11.1. The summed E-state index contributed by atoms with van der Waals surface area (Å²) >= 11 is 1.46. The average Bonchev–Trinajstić information content (AvgIpc) is 2.99. The summed E-state index contributed by atoms with van der Waals surface area (Å²) < 4.78 is 0. The highest BCUT2D eigenvalue weighted by molar-refractivity contribution is 7.14. The largest absolute Gasteiger partial charge is 0.478 e. The third-order valence-corrected chi connectivity index (χ3v) is 3.95. The molecule has 0 radical (unpaired) electrons. The summed E-state index contributed by atoms with van der Waals surface area (Å²) in [5.74, 6) is -0.946. The van der Waals surface area contributed by atoms with Crippen LogP contribution in [0.5, 0.6) is 0 Å². The first kappa shape index (κ1) is 14.2. The van der Waals surface area contributed by atoms with Crippen molar-refractivity contribution in [2.75, 3.05) is 5.32 Å². The lowest BCUT2D eigenvalue weighted by molar-refractivity contribution is 0.0697. The standard InChI is InChI=1S/C16H13N3O2S/c1-10-4-5-11(15(20)21)7-13(10)18-16-19-14(9-22-16)12-3-2-6-17-8-12/h2-9H,1H3,(H,18,19)(H,20,21). The van der Waals surface area contributed by atoms with Crippen LogP contribution in [0.25, 0.3) is 11.3 Å². The van der Waals surface area contributed by atoms with Crippen molar-refractivity contribution in [2.45, 2.75) is 6.92 Å². The minimum atomic E-state index is -0.946. The first-order valence-electron chi connectivity index (χ1n) is 6.60. The molecule has 0 saturated carbocycles. The Morgan fingerprint density at radius 2 is 2.18 bits per heavy atom. The molecule has 3 rings (SSSR count). The Morgan fingerprint density at radius 1 is 1.32 bits per heavy atom. The predicted molar refractivity (Wildman–Crippen MR) is 86.8 cm³/mol. The van der Waals surface area contributed by atoms with E-state index in [-0.39, 0.29) is 5.56 Å². The van der Waals surface area contributed by atoms with Gasteiger partial charge in [-0.15, -0.1) is 11.3 Å². The molecule has 2 aromatic heterocycles. The van der Waals surface area contributed by atoms with Gasteiger partial charge >= 0.3 is 5.97 Å². The Kier molecular flexibility index (Phi) is 3.84. The van der Waals surface area contributed by atoms with Crippen molar-refractivity contribution in [2.24, 2.45) is 0 Å². The summed E-state index contributed by atoms with van der Waals surface area (Å²) in [5.41, 5.74) is 3.74. The van der Waals surface area contributed by atoms with Gasteiger partial charge in [-0.3, -0.25) is 4.98 Å². The highest BCUT2D eigenvalue weighted by atomic mass is 32.1. The maximum atomic E-state index is 11.1. The maximum Gasteiger partial charge on any atom is 0.335 e. The summed E-state index contributed by atoms with van der Waals surface area (Å²) in [6.07, 6.45) is 3.48. The number of rotatable bonds is 4. The molecule has 3 aromatic rings. The van der Waals surface area contributed by atoms with Crippen LogP contribution in [-0.4, -0.2) is 21.0 Å². The first-order valence-corrected chi connectivity index (χ1v) is 7.48. The molecule has 2 heterocycles. The second-order valence-electron chi connectivity index (χ2n) is 4.74. The number of aromatic nitrogens is 2. The number of thiazole rings is 1. The minimum absolute atomic E-state index is 0.247. The number of hydrogen-bond acceptors (Lipinski definition) is 5. The molecule has 2 N–H and O–H groups in total. The predicted octanol–water partition coefficient (Wildman–Crippen LogP) is 3.96. The molecule has 0 saturated heterocycles. The van der Waals surface area contributed by atoms with Crippen LogP contribution in [-0.2, 0) is 0 Å². The summed E-state index contributed by atoms with van der Waals surface area (Å²) in [4.78, 5) is 19.6. The summed E-state index contributed by atoms with van der Waals surface area (Å²) in [6, 6.07) is 8.79. The Balaban J connectivity index is 1.87. The SMILES string of the molecule is Cc1ccc(C(=O)O)cc1Nc1nc(-c2cccnc2)cs1. The van der Waals surface area contributed by atoms with E-state index in [4.69, 9.17) is 5.11 Å². The van der Waals surface area contributed by atoms with Crippen LogP contribution in [0.3, 0.4) is 0 Å². The van der Waals surface area contributed by atoms with Gasteiger partial charge in [-0.25, -0.2) is 9.78 Å². The molecule has 0 bridgehead atoms. The number of aromatic carboxylic acids is 1. The van der Waals surface area contributed by atoms with Crippen LogP contribution >= 0.6 is 11.3 Å². The molecule has 0 spiro atoms. The molecule has 0 aliphatic carbocycles. The number of anilines is 2. The summed E-state index contributed by atoms with van der Waals surface area (Å²) in [5, 5.41) is 14.9. The van der Waals surface area contributed by atoms with E-state index >= 15 is 0 Å². The van der Waals surface area contributed by atoms with Crippen molar-refractivity contribution in [3.63, 3.8) is 0 Å². The molecule has 0 amide bonds. The fraction of sp³-hybridized carbons (Fsp3) is 0.0625. The highest BCUT2D eigenvalue weighted by Crippen LogP contribution is 2.28. The second-order valence-corrected chi connectivity index (χ2v) is 5.60. The van der Waals surface area contributed by atoms with Crippen LogP contribution < -0.4 is 5.32 Å². The smallest absolute Gasteiger partial charge is 0.335 e. The van der Waals surface area contributed by atoms with Crippen molar-refractivity contribution < 1.29 is 9.90 Å². The van der Waals surface area contributed by atoms with Crippen molar-refractivity contribution in [3.8, 4) is 11.3 Å². The molecule has 22 heavy (non-hydrogen) atoms. The molecule has 110 valence electrons. The van der Waals surface area contributed by atoms with Gasteiger partial charge in [0.15, 0.2) is 5.13 Å². The van der Waals surface area contributed by atoms with Gasteiger partial charge in [-0.1, -0.05) is 6.07 Å². The van der Waals surface area contributed by atoms with Crippen LogP contribution in [0.4, 0.5) is 10.8 Å². The average molecular weight is 311 g/mol. The van der Waals surface area contributed by atoms with E-state index in [9.17, 15) is 4.79 Å². The lowest BCUT2D eigenvalue weighted by atomic mass is 10.1. The molecular formula is C16H13N3O2S. The lowest BCUT2D eigenvalue weighted by Gasteiger charge is -2.07. The van der Waals surface area contributed by atoms with Gasteiger partial charge in [0, 0.05) is 29.0 Å². The second kappa shape index (κ2) is 5.95. The number of nitrogens with zero attached hydrogens (tertiary/aromatic N) is 2. The molecule has 5 nitrogen and oxygen atoms in total. The number of pyridine rings is 1. The number of hydrogen-bond donors (Lipinski definition) is 2. The van der Waals surface area contributed by atoms with E-state index in [0.29, 0.717) is 5.13 Å². The number of carboxylic acid groups (broad SMARTS) is 1. The number of carbonyl (C=O) groups is 1. The van der Waals surface area contributed by atoms with E-state index in [1.807, 2.05) is 24.4 Å².